The van der Waals surface area contributed by atoms with E-state index >= 15 is 0 Å². The van der Waals surface area contributed by atoms with Crippen LogP contribution in [0.25, 0.3) is 10.1 Å². The highest BCUT2D eigenvalue weighted by Crippen LogP contribution is 2.23. The van der Waals surface area contributed by atoms with Crippen LogP contribution in [0.4, 0.5) is 5.69 Å². The fourth-order valence-electron chi connectivity index (χ4n) is 1.55. The van der Waals surface area contributed by atoms with Crippen molar-refractivity contribution in [2.75, 3.05) is 25.6 Å². The Morgan fingerprint density at radius 1 is 1.44 bits per heavy atom. The van der Waals surface area contributed by atoms with Gasteiger partial charge in [-0.1, -0.05) is 0 Å². The van der Waals surface area contributed by atoms with Crippen LogP contribution in [0.3, 0.4) is 0 Å². The van der Waals surface area contributed by atoms with Gasteiger partial charge in [0.05, 0.1) is 13.2 Å². The maximum atomic E-state index is 5.41. The number of nitrogens with zero attached hydrogens (tertiary/aromatic N) is 1. The van der Waals surface area contributed by atoms with Crippen molar-refractivity contribution in [3.05, 3.63) is 29.6 Å². The Kier molecular flexibility index (Phi) is 4.52. The molecule has 5 nitrogen and oxygen atoms in total. The average molecular weight is 264 g/mol. The maximum absolute atomic E-state index is 5.41. The Morgan fingerprint density at radius 3 is 3.11 bits per heavy atom. The number of hydrazine groups is 1. The van der Waals surface area contributed by atoms with Crippen LogP contribution in [0.15, 0.2) is 34.6 Å². The molecule has 1 aromatic heterocycles. The number of anilines is 1. The first kappa shape index (κ1) is 12.8. The number of nitrogens with two attached hydrogens (primary N) is 1. The van der Waals surface area contributed by atoms with Gasteiger partial charge in [-0.25, -0.2) is 10.8 Å². The first-order valence-electron chi connectivity index (χ1n) is 5.58. The number of guanidine groups is 1. The molecule has 0 amide bonds. The molecule has 0 fully saturated rings. The Labute approximate surface area is 110 Å². The minimum absolute atomic E-state index is 0.529. The van der Waals surface area contributed by atoms with Gasteiger partial charge >= 0.3 is 0 Å². The number of ether oxygens (including phenoxy) is 1. The Hall–Kier alpha value is -1.63. The van der Waals surface area contributed by atoms with E-state index in [4.69, 9.17) is 10.6 Å². The summed E-state index contributed by atoms with van der Waals surface area (Å²) in [7, 11) is 1.64. The summed E-state index contributed by atoms with van der Waals surface area (Å²) in [6, 6.07) is 8.23. The Morgan fingerprint density at radius 2 is 2.33 bits per heavy atom. The van der Waals surface area contributed by atoms with Crippen LogP contribution in [0.1, 0.15) is 0 Å². The molecule has 0 atom stereocenters. The number of hydrogen-bond donors (Lipinski definition) is 3. The first-order valence-corrected chi connectivity index (χ1v) is 6.45. The van der Waals surface area contributed by atoms with E-state index in [1.54, 1.807) is 18.4 Å². The van der Waals surface area contributed by atoms with Gasteiger partial charge in [0.1, 0.15) is 0 Å². The molecule has 0 saturated carbocycles. The minimum atomic E-state index is 0.529. The minimum Gasteiger partial charge on any atom is -0.383 e. The molecule has 4 N–H and O–H groups in total. The zero-order valence-corrected chi connectivity index (χ0v) is 11.0. The van der Waals surface area contributed by atoms with E-state index in [2.05, 4.69) is 39.3 Å². The van der Waals surface area contributed by atoms with Crippen LogP contribution >= 0.6 is 11.3 Å². The lowest BCUT2D eigenvalue weighted by Crippen LogP contribution is -2.36. The zero-order chi connectivity index (χ0) is 12.8. The second-order valence-electron chi connectivity index (χ2n) is 3.67. The van der Waals surface area contributed by atoms with E-state index < -0.39 is 0 Å². The molecular formula is C12H16N4OS. The Bertz CT molecular complexity index is 538. The lowest BCUT2D eigenvalue weighted by atomic mass is 10.2. The molecule has 96 valence electrons. The van der Waals surface area contributed by atoms with E-state index in [0.717, 1.165) is 5.69 Å². The molecule has 1 heterocycles. The Balaban J connectivity index is 2.08. The molecular weight excluding hydrogens is 248 g/mol. The quantitative estimate of drug-likeness (QED) is 0.259. The molecule has 0 radical (unpaired) electrons. The number of nitrogens with one attached hydrogen (secondary N) is 2. The standard InChI is InChI=1S/C12H16N4OS/c1-17-6-5-14-12(16-13)15-10-2-3-11-9(8-10)4-7-18-11/h2-4,7-8H,5-6,13H2,1H3,(H2,14,15,16). The molecule has 0 spiro atoms. The largest absolute Gasteiger partial charge is 0.383 e. The van der Waals surface area contributed by atoms with Crippen LogP contribution in [-0.4, -0.2) is 26.2 Å². The van der Waals surface area contributed by atoms with Crippen molar-refractivity contribution >= 4 is 33.1 Å². The molecule has 0 aliphatic rings. The SMILES string of the molecule is COCCN=C(NN)Nc1ccc2sccc2c1. The summed E-state index contributed by atoms with van der Waals surface area (Å²) >= 11 is 1.72. The molecule has 0 aliphatic heterocycles. The van der Waals surface area contributed by atoms with E-state index in [1.807, 2.05) is 6.07 Å². The second-order valence-corrected chi connectivity index (χ2v) is 4.61. The third kappa shape index (κ3) is 3.19. The summed E-state index contributed by atoms with van der Waals surface area (Å²) in [5.41, 5.74) is 3.49. The molecule has 0 unspecified atom stereocenters. The number of rotatable bonds is 4. The van der Waals surface area contributed by atoms with Gasteiger partial charge in [0.25, 0.3) is 0 Å². The van der Waals surface area contributed by atoms with Crippen LogP contribution in [-0.2, 0) is 4.74 Å². The van der Waals surface area contributed by atoms with Crippen LogP contribution in [0.5, 0.6) is 0 Å². The molecule has 1 aromatic carbocycles. The fourth-order valence-corrected chi connectivity index (χ4v) is 2.32. The predicted octanol–water partition coefficient (Wildman–Crippen LogP) is 1.78. The van der Waals surface area contributed by atoms with Crippen molar-refractivity contribution in [1.82, 2.24) is 5.43 Å². The van der Waals surface area contributed by atoms with Crippen molar-refractivity contribution in [2.45, 2.75) is 0 Å². The molecule has 0 bridgehead atoms. The van der Waals surface area contributed by atoms with Crippen LogP contribution < -0.4 is 16.6 Å². The van der Waals surface area contributed by atoms with Crippen molar-refractivity contribution in [3.63, 3.8) is 0 Å². The number of methoxy groups -OCH3 is 1. The van der Waals surface area contributed by atoms with Gasteiger partial charge in [0.2, 0.25) is 5.96 Å². The monoisotopic (exact) mass is 264 g/mol. The highest BCUT2D eigenvalue weighted by molar-refractivity contribution is 7.17. The maximum Gasteiger partial charge on any atom is 0.210 e. The van der Waals surface area contributed by atoms with Gasteiger partial charge in [0, 0.05) is 17.5 Å². The zero-order valence-electron chi connectivity index (χ0n) is 10.1. The lowest BCUT2D eigenvalue weighted by Gasteiger charge is -2.09. The molecule has 0 saturated heterocycles. The summed E-state index contributed by atoms with van der Waals surface area (Å²) < 4.78 is 6.20. The fraction of sp³-hybridized carbons (Fsp3) is 0.250. The average Bonchev–Trinajstić information content (AvgIpc) is 2.85. The topological polar surface area (TPSA) is 71.7 Å². The first-order chi connectivity index (χ1) is 8.83. The second kappa shape index (κ2) is 6.34. The number of aliphatic imine (C=N–C) groups is 1. The van der Waals surface area contributed by atoms with Crippen molar-refractivity contribution in [3.8, 4) is 0 Å². The molecule has 2 rings (SSSR count). The summed E-state index contributed by atoms with van der Waals surface area (Å²) in [5, 5.41) is 6.41. The van der Waals surface area contributed by atoms with Crippen LogP contribution in [0, 0.1) is 0 Å². The number of benzene rings is 1. The van der Waals surface area contributed by atoms with Gasteiger partial charge in [-0.15, -0.1) is 11.3 Å². The third-order valence-electron chi connectivity index (χ3n) is 2.42. The van der Waals surface area contributed by atoms with Crippen molar-refractivity contribution in [2.24, 2.45) is 10.8 Å². The summed E-state index contributed by atoms with van der Waals surface area (Å²) in [6.07, 6.45) is 0. The van der Waals surface area contributed by atoms with E-state index in [-0.39, 0.29) is 0 Å². The van der Waals surface area contributed by atoms with Gasteiger partial charge in [-0.2, -0.15) is 0 Å². The summed E-state index contributed by atoms with van der Waals surface area (Å²) in [6.45, 7) is 1.13. The molecule has 0 aliphatic carbocycles. The van der Waals surface area contributed by atoms with Crippen molar-refractivity contribution < 1.29 is 4.74 Å². The number of fused-ring (bicyclic) bond motifs is 1. The molecule has 18 heavy (non-hydrogen) atoms. The van der Waals surface area contributed by atoms with Crippen LogP contribution in [0.2, 0.25) is 0 Å². The van der Waals surface area contributed by atoms with E-state index in [9.17, 15) is 0 Å². The van der Waals surface area contributed by atoms with Gasteiger partial charge in [-0.05, 0) is 35.0 Å². The normalized spacial score (nSPS) is 11.8. The smallest absolute Gasteiger partial charge is 0.210 e. The highest BCUT2D eigenvalue weighted by atomic mass is 32.1. The summed E-state index contributed by atoms with van der Waals surface area (Å²) in [5.74, 6) is 5.94. The van der Waals surface area contributed by atoms with E-state index in [0.29, 0.717) is 19.1 Å². The summed E-state index contributed by atoms with van der Waals surface area (Å²) in [4.78, 5) is 4.24. The lowest BCUT2D eigenvalue weighted by molar-refractivity contribution is 0.208. The molecule has 2 aromatic rings. The number of hydrogen-bond acceptors (Lipinski definition) is 4. The third-order valence-corrected chi connectivity index (χ3v) is 3.32. The van der Waals surface area contributed by atoms with Gasteiger partial charge in [-0.3, -0.25) is 5.43 Å². The van der Waals surface area contributed by atoms with Gasteiger partial charge < -0.3 is 10.1 Å². The number of thiophene rings is 1. The highest BCUT2D eigenvalue weighted by Gasteiger charge is 2.00. The van der Waals surface area contributed by atoms with Crippen molar-refractivity contribution in [1.29, 1.82) is 0 Å². The predicted molar refractivity (Wildman–Crippen MR) is 76.9 cm³/mol. The van der Waals surface area contributed by atoms with Gasteiger partial charge in [0.15, 0.2) is 0 Å². The molecule has 6 heteroatoms. The van der Waals surface area contributed by atoms with E-state index in [1.165, 1.54) is 10.1 Å².